The number of aromatic nitrogens is 1. The fourth-order valence-electron chi connectivity index (χ4n) is 2.15. The molecular weight excluding hydrogens is 332 g/mol. The molecule has 1 atom stereocenters. The molecule has 3 heterocycles. The van der Waals surface area contributed by atoms with Crippen molar-refractivity contribution in [2.24, 2.45) is 0 Å². The quantitative estimate of drug-likeness (QED) is 0.822. The predicted octanol–water partition coefficient (Wildman–Crippen LogP) is 4.10. The fourth-order valence-corrected chi connectivity index (χ4v) is 5.29. The van der Waals surface area contributed by atoms with Gasteiger partial charge in [0.25, 0.3) is 5.91 Å². The first-order chi connectivity index (χ1) is 9.68. The Morgan fingerprint density at radius 3 is 3.00 bits per heavy atom. The average Bonchev–Trinajstić information content (AvgIpc) is 3.10. The molecular formula is C13H13ClN2OS3. The van der Waals surface area contributed by atoms with Gasteiger partial charge in [-0.2, -0.15) is 11.8 Å². The van der Waals surface area contributed by atoms with Gasteiger partial charge >= 0.3 is 0 Å². The van der Waals surface area contributed by atoms with Crippen LogP contribution in [0.4, 0.5) is 0 Å². The topological polar surface area (TPSA) is 33.2 Å². The van der Waals surface area contributed by atoms with Gasteiger partial charge in [0.2, 0.25) is 0 Å². The molecule has 0 spiro atoms. The SMILES string of the molecule is Cc1csc(C(=O)N2CCSC[C@H]2c2nccs2)c1Cl. The normalized spacial score (nSPS) is 19.3. The highest BCUT2D eigenvalue weighted by Gasteiger charge is 2.32. The van der Waals surface area contributed by atoms with Gasteiger partial charge in [0.1, 0.15) is 9.88 Å². The molecule has 1 fully saturated rings. The van der Waals surface area contributed by atoms with E-state index < -0.39 is 0 Å². The minimum absolute atomic E-state index is 0.0357. The molecule has 1 amide bonds. The zero-order chi connectivity index (χ0) is 14.1. The number of nitrogens with zero attached hydrogens (tertiary/aromatic N) is 2. The number of amides is 1. The number of hydrogen-bond acceptors (Lipinski definition) is 5. The van der Waals surface area contributed by atoms with Crippen LogP contribution in [0.1, 0.15) is 26.3 Å². The summed E-state index contributed by atoms with van der Waals surface area (Å²) in [6, 6.07) is 0.0692. The number of aryl methyl sites for hydroxylation is 1. The first-order valence-corrected chi connectivity index (χ1v) is 9.49. The largest absolute Gasteiger partial charge is 0.327 e. The predicted molar refractivity (Wildman–Crippen MR) is 87.3 cm³/mol. The van der Waals surface area contributed by atoms with Crippen LogP contribution in [0, 0.1) is 6.92 Å². The van der Waals surface area contributed by atoms with Gasteiger partial charge in [0.15, 0.2) is 0 Å². The van der Waals surface area contributed by atoms with Crippen LogP contribution in [0.3, 0.4) is 0 Å². The van der Waals surface area contributed by atoms with Crippen molar-refractivity contribution in [3.63, 3.8) is 0 Å². The van der Waals surface area contributed by atoms with E-state index in [-0.39, 0.29) is 11.9 Å². The van der Waals surface area contributed by atoms with Crippen molar-refractivity contribution in [2.75, 3.05) is 18.1 Å². The van der Waals surface area contributed by atoms with E-state index in [1.807, 2.05) is 34.3 Å². The molecule has 3 rings (SSSR count). The van der Waals surface area contributed by atoms with Crippen LogP contribution in [-0.4, -0.2) is 33.8 Å². The molecule has 0 aromatic carbocycles. The van der Waals surface area contributed by atoms with Crippen molar-refractivity contribution < 1.29 is 4.79 Å². The zero-order valence-corrected chi connectivity index (χ0v) is 14.0. The van der Waals surface area contributed by atoms with E-state index in [0.717, 1.165) is 28.6 Å². The lowest BCUT2D eigenvalue weighted by Crippen LogP contribution is -2.40. The van der Waals surface area contributed by atoms with Crippen molar-refractivity contribution in [1.29, 1.82) is 0 Å². The summed E-state index contributed by atoms with van der Waals surface area (Å²) < 4.78 is 0. The first kappa shape index (κ1) is 14.4. The van der Waals surface area contributed by atoms with Gasteiger partial charge < -0.3 is 4.90 Å². The van der Waals surface area contributed by atoms with E-state index >= 15 is 0 Å². The van der Waals surface area contributed by atoms with Gasteiger partial charge in [-0.25, -0.2) is 4.98 Å². The van der Waals surface area contributed by atoms with E-state index in [0.29, 0.717) is 9.90 Å². The molecule has 1 aliphatic rings. The Morgan fingerprint density at radius 1 is 1.50 bits per heavy atom. The van der Waals surface area contributed by atoms with Crippen molar-refractivity contribution in [1.82, 2.24) is 9.88 Å². The Kier molecular flexibility index (Phi) is 4.35. The molecule has 7 heteroatoms. The monoisotopic (exact) mass is 344 g/mol. The molecule has 0 aliphatic carbocycles. The summed E-state index contributed by atoms with van der Waals surface area (Å²) in [7, 11) is 0. The molecule has 3 nitrogen and oxygen atoms in total. The summed E-state index contributed by atoms with van der Waals surface area (Å²) in [5, 5.41) is 5.50. The number of hydrogen-bond donors (Lipinski definition) is 0. The minimum atomic E-state index is 0.0357. The van der Waals surface area contributed by atoms with Crippen LogP contribution >= 0.6 is 46.0 Å². The van der Waals surface area contributed by atoms with Crippen molar-refractivity contribution in [3.05, 3.63) is 37.4 Å². The summed E-state index contributed by atoms with van der Waals surface area (Å²) in [4.78, 5) is 19.7. The van der Waals surface area contributed by atoms with Crippen LogP contribution in [-0.2, 0) is 0 Å². The molecule has 1 aliphatic heterocycles. The van der Waals surface area contributed by atoms with Crippen LogP contribution in [0.25, 0.3) is 0 Å². The molecule has 106 valence electrons. The van der Waals surface area contributed by atoms with E-state index in [1.165, 1.54) is 11.3 Å². The Labute approximate surface area is 135 Å². The van der Waals surface area contributed by atoms with E-state index in [1.54, 1.807) is 17.5 Å². The van der Waals surface area contributed by atoms with Crippen LogP contribution in [0.15, 0.2) is 17.0 Å². The summed E-state index contributed by atoms with van der Waals surface area (Å²) in [5.74, 6) is 1.91. The highest BCUT2D eigenvalue weighted by molar-refractivity contribution is 7.99. The Bertz CT molecular complexity index is 611. The fraction of sp³-hybridized carbons (Fsp3) is 0.385. The van der Waals surface area contributed by atoms with Gasteiger partial charge in [0, 0.05) is 29.6 Å². The number of thioether (sulfide) groups is 1. The first-order valence-electron chi connectivity index (χ1n) is 6.20. The molecule has 2 aromatic heterocycles. The third-order valence-electron chi connectivity index (χ3n) is 3.22. The Morgan fingerprint density at radius 2 is 2.35 bits per heavy atom. The van der Waals surface area contributed by atoms with E-state index in [9.17, 15) is 4.79 Å². The third-order valence-corrected chi connectivity index (χ3v) is 6.80. The maximum atomic E-state index is 12.8. The maximum Gasteiger partial charge on any atom is 0.266 e. The molecule has 2 aromatic rings. The van der Waals surface area contributed by atoms with Gasteiger partial charge in [-0.3, -0.25) is 4.79 Å². The average molecular weight is 345 g/mol. The van der Waals surface area contributed by atoms with Gasteiger partial charge in [-0.1, -0.05) is 11.6 Å². The lowest BCUT2D eigenvalue weighted by atomic mass is 10.2. The highest BCUT2D eigenvalue weighted by Crippen LogP contribution is 2.35. The van der Waals surface area contributed by atoms with Crippen LogP contribution < -0.4 is 0 Å². The molecule has 20 heavy (non-hydrogen) atoms. The second kappa shape index (κ2) is 6.05. The summed E-state index contributed by atoms with van der Waals surface area (Å²) in [5.41, 5.74) is 0.970. The van der Waals surface area contributed by atoms with Gasteiger partial charge in [-0.15, -0.1) is 22.7 Å². The summed E-state index contributed by atoms with van der Waals surface area (Å²) in [6.07, 6.45) is 1.80. The van der Waals surface area contributed by atoms with Crippen molar-refractivity contribution in [3.8, 4) is 0 Å². The van der Waals surface area contributed by atoms with Crippen molar-refractivity contribution >= 4 is 51.9 Å². The molecule has 0 bridgehead atoms. The minimum Gasteiger partial charge on any atom is -0.327 e. The number of halogens is 1. The summed E-state index contributed by atoms with van der Waals surface area (Å²) >= 11 is 11.1. The standard InChI is InChI=1S/C13H13ClN2OS3/c1-8-6-20-11(10(8)14)13(17)16-3-5-18-7-9(16)12-15-2-4-19-12/h2,4,6,9H,3,5,7H2,1H3/t9-/m0/s1. The second-order valence-electron chi connectivity index (χ2n) is 4.52. The van der Waals surface area contributed by atoms with Crippen molar-refractivity contribution in [2.45, 2.75) is 13.0 Å². The zero-order valence-electron chi connectivity index (χ0n) is 10.8. The van der Waals surface area contributed by atoms with Crippen LogP contribution in [0.5, 0.6) is 0 Å². The number of carbonyl (C=O) groups excluding carboxylic acids is 1. The molecule has 0 N–H and O–H groups in total. The summed E-state index contributed by atoms with van der Waals surface area (Å²) in [6.45, 7) is 2.68. The smallest absolute Gasteiger partial charge is 0.266 e. The van der Waals surface area contributed by atoms with Crippen LogP contribution in [0.2, 0.25) is 5.02 Å². The van der Waals surface area contributed by atoms with E-state index in [4.69, 9.17) is 11.6 Å². The molecule has 0 unspecified atom stereocenters. The number of carbonyl (C=O) groups is 1. The third kappa shape index (κ3) is 2.62. The lowest BCUT2D eigenvalue weighted by Gasteiger charge is -2.34. The van der Waals surface area contributed by atoms with Gasteiger partial charge in [-0.05, 0) is 17.9 Å². The number of thiazole rings is 1. The Balaban J connectivity index is 1.90. The maximum absolute atomic E-state index is 12.8. The van der Waals surface area contributed by atoms with Gasteiger partial charge in [0.05, 0.1) is 11.1 Å². The highest BCUT2D eigenvalue weighted by atomic mass is 35.5. The molecule has 0 radical (unpaired) electrons. The molecule has 1 saturated heterocycles. The molecule has 0 saturated carbocycles. The van der Waals surface area contributed by atoms with E-state index in [2.05, 4.69) is 4.98 Å². The Hall–Kier alpha value is -0.560. The number of thiophene rings is 1. The second-order valence-corrected chi connectivity index (χ2v) is 7.86. The lowest BCUT2D eigenvalue weighted by molar-refractivity contribution is 0.0706. The number of rotatable bonds is 2.